The third-order valence-electron chi connectivity index (χ3n) is 14.9. The van der Waals surface area contributed by atoms with Crippen LogP contribution in [0.25, 0.3) is 0 Å². The predicted molar refractivity (Wildman–Crippen MR) is 182 cm³/mol. The van der Waals surface area contributed by atoms with Crippen LogP contribution in [0.4, 0.5) is 0 Å². The first-order valence-corrected chi connectivity index (χ1v) is 19.6. The van der Waals surface area contributed by atoms with Crippen LogP contribution in [0.3, 0.4) is 0 Å². The molecule has 11 atom stereocenters. The van der Waals surface area contributed by atoms with Crippen molar-refractivity contribution in [3.63, 3.8) is 0 Å². The van der Waals surface area contributed by atoms with E-state index in [2.05, 4.69) is 27.7 Å². The smallest absolute Gasteiger partial charge is 0.519 e. The van der Waals surface area contributed by atoms with Crippen LogP contribution < -0.4 is 5.82 Å². The van der Waals surface area contributed by atoms with Crippen molar-refractivity contribution in [2.45, 2.75) is 119 Å². The monoisotopic (exact) mass is 716 g/mol. The average molecular weight is 717 g/mol. The fourth-order valence-corrected chi connectivity index (χ4v) is 12.0. The van der Waals surface area contributed by atoms with E-state index in [0.717, 1.165) is 24.8 Å². The molecule has 1 aromatic rings. The summed E-state index contributed by atoms with van der Waals surface area (Å²) in [4.78, 5) is 66.2. The van der Waals surface area contributed by atoms with Crippen molar-refractivity contribution >= 4 is 34.9 Å². The van der Waals surface area contributed by atoms with E-state index >= 15 is 0 Å². The molecule has 1 heterocycles. The molecule has 5 aliphatic rings. The zero-order chi connectivity index (χ0) is 36.8. The van der Waals surface area contributed by atoms with E-state index in [9.17, 15) is 33.6 Å². The lowest BCUT2D eigenvalue weighted by molar-refractivity contribution is -0.224. The van der Waals surface area contributed by atoms with Gasteiger partial charge in [-0.1, -0.05) is 33.3 Å². The van der Waals surface area contributed by atoms with Gasteiger partial charge in [0, 0.05) is 5.92 Å². The standard InChI is InChI=1S/C38H52O11S/c1-21-25(48-32(44)47-21)19-46-31(43)38(7)26-9-12-37(6)29(35(26,4)11-10-27(38)49-28(40)20-50(8)45)24(39)17-22-23-18-34(3,30(41)42)14-13-33(23,2)15-16-36(22,37)5/h17,23,26-27,29H,9-16,18-20H2,1-8H3,(H,41,42)/t23-,26+,27-,29+,33+,34-,35-,36+,37+,38-,50?/m0/s1. The van der Waals surface area contributed by atoms with Crippen molar-refractivity contribution in [2.75, 3.05) is 12.0 Å². The lowest BCUT2D eigenvalue weighted by atomic mass is 9.33. The summed E-state index contributed by atoms with van der Waals surface area (Å²) in [5, 5.41) is 10.2. The maximum absolute atomic E-state index is 14.8. The topological polar surface area (TPSA) is 173 Å². The third kappa shape index (κ3) is 5.36. The fraction of sp³-hybridized carbons (Fsp3) is 0.763. The maximum Gasteiger partial charge on any atom is 0.519 e. The molecule has 4 saturated carbocycles. The molecular formula is C38H52O11S. The molecule has 0 spiro atoms. The second kappa shape index (κ2) is 12.1. The number of carboxylic acids is 1. The van der Waals surface area contributed by atoms with Gasteiger partial charge in [0.15, 0.2) is 23.9 Å². The molecule has 0 aliphatic heterocycles. The Kier molecular flexibility index (Phi) is 8.93. The molecule has 1 unspecified atom stereocenters. The second-order valence-corrected chi connectivity index (χ2v) is 19.0. The van der Waals surface area contributed by atoms with Crippen LogP contribution >= 0.6 is 0 Å². The average Bonchev–Trinajstić information content (AvgIpc) is 3.34. The molecule has 0 amide bonds. The first-order valence-electron chi connectivity index (χ1n) is 17.9. The van der Waals surface area contributed by atoms with Crippen molar-refractivity contribution in [2.24, 2.45) is 50.2 Å². The Morgan fingerprint density at radius 2 is 1.66 bits per heavy atom. The van der Waals surface area contributed by atoms with Gasteiger partial charge in [-0.15, -0.1) is 0 Å². The number of aliphatic carboxylic acids is 1. The van der Waals surface area contributed by atoms with Crippen LogP contribution in [0.2, 0.25) is 0 Å². The van der Waals surface area contributed by atoms with E-state index in [1.54, 1.807) is 6.92 Å². The molecule has 6 rings (SSSR count). The van der Waals surface area contributed by atoms with Gasteiger partial charge in [-0.05, 0) is 129 Å². The molecule has 0 radical (unpaired) electrons. The third-order valence-corrected chi connectivity index (χ3v) is 15.5. The van der Waals surface area contributed by atoms with Gasteiger partial charge in [0.05, 0.1) is 11.7 Å². The number of hydrogen-bond acceptors (Lipinski definition) is 10. The van der Waals surface area contributed by atoms with E-state index in [1.165, 1.54) is 13.2 Å². The van der Waals surface area contributed by atoms with Crippen molar-refractivity contribution in [3.8, 4) is 0 Å². The van der Waals surface area contributed by atoms with Crippen LogP contribution in [-0.2, 0) is 46.4 Å². The van der Waals surface area contributed by atoms with Crippen molar-refractivity contribution < 1.29 is 47.1 Å². The van der Waals surface area contributed by atoms with E-state index in [1.807, 2.05) is 13.0 Å². The predicted octanol–water partition coefficient (Wildman–Crippen LogP) is 5.92. The Hall–Kier alpha value is -2.86. The number of carboxylic acid groups (broad SMARTS) is 1. The number of carbonyl (C=O) groups is 4. The minimum atomic E-state index is -1.45. The van der Waals surface area contributed by atoms with Gasteiger partial charge in [-0.3, -0.25) is 14.4 Å². The first-order chi connectivity index (χ1) is 23.1. The van der Waals surface area contributed by atoms with Crippen molar-refractivity contribution in [1.82, 2.24) is 0 Å². The van der Waals surface area contributed by atoms with Gasteiger partial charge in [0.2, 0.25) is 5.75 Å². The van der Waals surface area contributed by atoms with E-state index < -0.39 is 74.5 Å². The van der Waals surface area contributed by atoms with Gasteiger partial charge in [0.25, 0.3) is 0 Å². The highest BCUT2D eigenvalue weighted by molar-refractivity contribution is 7.91. The number of esters is 2. The molecule has 50 heavy (non-hydrogen) atoms. The second-order valence-electron chi connectivity index (χ2n) is 17.6. The Labute approximate surface area is 296 Å². The van der Waals surface area contributed by atoms with Crippen LogP contribution in [0.5, 0.6) is 0 Å². The minimum Gasteiger partial charge on any atom is -0.616 e. The number of rotatable bonds is 7. The SMILES string of the molecule is Cc1oc(=O)oc1COC(=O)[C@]1(C)[C@@H](OC(=O)C[S+](C)[O-])CC[C@@]2(C)[C@H]1CC[C@]1(C)[C@@H]2C(=O)C=C2[C@@H]3C[C@@](C)(C(=O)O)CC[C@]3(C)CC[C@]21C. The fourth-order valence-electron chi connectivity index (χ4n) is 11.6. The van der Waals surface area contributed by atoms with Gasteiger partial charge < -0.3 is 28.0 Å². The highest BCUT2D eigenvalue weighted by atomic mass is 32.2. The number of carbonyl (C=O) groups excluding carboxylic acids is 3. The molecule has 4 fully saturated rings. The summed E-state index contributed by atoms with van der Waals surface area (Å²) in [6.07, 6.45) is 8.16. The number of allylic oxidation sites excluding steroid dienone is 2. The van der Waals surface area contributed by atoms with E-state index in [-0.39, 0.29) is 46.4 Å². The zero-order valence-electron chi connectivity index (χ0n) is 30.6. The summed E-state index contributed by atoms with van der Waals surface area (Å²) >= 11 is -1.45. The molecule has 1 aromatic heterocycles. The van der Waals surface area contributed by atoms with Gasteiger partial charge in [0.1, 0.15) is 11.5 Å². The van der Waals surface area contributed by atoms with E-state index in [0.29, 0.717) is 38.5 Å². The number of ketones is 1. The Balaban J connectivity index is 1.39. The summed E-state index contributed by atoms with van der Waals surface area (Å²) in [6.45, 7) is 13.6. The molecule has 0 bridgehead atoms. The molecule has 276 valence electrons. The number of fused-ring (bicyclic) bond motifs is 7. The number of aryl methyl sites for hydroxylation is 1. The normalized spacial score (nSPS) is 42.9. The van der Waals surface area contributed by atoms with Crippen LogP contribution in [0.1, 0.15) is 111 Å². The molecule has 12 heteroatoms. The summed E-state index contributed by atoms with van der Waals surface area (Å²) < 4.78 is 33.7. The molecule has 0 saturated heterocycles. The maximum atomic E-state index is 14.8. The van der Waals surface area contributed by atoms with Crippen LogP contribution in [0.15, 0.2) is 25.3 Å². The molecule has 1 N–H and O–H groups in total. The molecular weight excluding hydrogens is 664 g/mol. The Morgan fingerprint density at radius 1 is 0.980 bits per heavy atom. The summed E-state index contributed by atoms with van der Waals surface area (Å²) in [5.41, 5.74) is -2.72. The van der Waals surface area contributed by atoms with Crippen LogP contribution in [0, 0.1) is 57.2 Å². The molecule has 11 nitrogen and oxygen atoms in total. The largest absolute Gasteiger partial charge is 0.616 e. The summed E-state index contributed by atoms with van der Waals surface area (Å²) in [6, 6.07) is 0. The summed E-state index contributed by atoms with van der Waals surface area (Å²) in [5.74, 6) is -3.90. The Morgan fingerprint density at radius 3 is 2.28 bits per heavy atom. The van der Waals surface area contributed by atoms with Crippen molar-refractivity contribution in [1.29, 1.82) is 0 Å². The first kappa shape index (κ1) is 36.9. The number of hydrogen-bond donors (Lipinski definition) is 1. The Bertz CT molecular complexity index is 1690. The van der Waals surface area contributed by atoms with E-state index in [4.69, 9.17) is 18.3 Å². The van der Waals surface area contributed by atoms with Crippen LogP contribution in [-0.4, -0.2) is 51.5 Å². The van der Waals surface area contributed by atoms with Gasteiger partial charge in [-0.25, -0.2) is 9.59 Å². The zero-order valence-corrected chi connectivity index (χ0v) is 31.4. The minimum absolute atomic E-state index is 0.0161. The highest BCUT2D eigenvalue weighted by Crippen LogP contribution is 2.75. The van der Waals surface area contributed by atoms with Gasteiger partial charge >= 0.3 is 23.7 Å². The molecule has 5 aliphatic carbocycles. The van der Waals surface area contributed by atoms with Crippen molar-refractivity contribution in [3.05, 3.63) is 33.8 Å². The summed E-state index contributed by atoms with van der Waals surface area (Å²) in [7, 11) is 0. The number of ether oxygens (including phenoxy) is 2. The molecule has 0 aromatic carbocycles. The quantitative estimate of drug-likeness (QED) is 0.262. The van der Waals surface area contributed by atoms with Gasteiger partial charge in [-0.2, -0.15) is 0 Å². The lowest BCUT2D eigenvalue weighted by Crippen LogP contribution is -2.68. The highest BCUT2D eigenvalue weighted by Gasteiger charge is 2.72. The lowest BCUT2D eigenvalue weighted by Gasteiger charge is -2.70.